The number of benzene rings is 4. The minimum Gasteiger partial charge on any atom is -0.496 e. The molecule has 0 spiro atoms. The number of aliphatic carboxylic acids is 2. The summed E-state index contributed by atoms with van der Waals surface area (Å²) in [5, 5.41) is 39.8. The number of methoxy groups -OCH3 is 2. The second-order valence-electron chi connectivity index (χ2n) is 13.2. The Morgan fingerprint density at radius 2 is 1.17 bits per heavy atom. The van der Waals surface area contributed by atoms with Gasteiger partial charge in [-0.15, -0.1) is 23.5 Å². The summed E-state index contributed by atoms with van der Waals surface area (Å²) in [5.74, 6) is 0.523. The van der Waals surface area contributed by atoms with Crippen molar-refractivity contribution >= 4 is 75.8 Å². The van der Waals surface area contributed by atoms with Gasteiger partial charge in [-0.05, 0) is 119 Å². The van der Waals surface area contributed by atoms with E-state index in [1.807, 2.05) is 52.5 Å². The van der Waals surface area contributed by atoms with Crippen molar-refractivity contribution in [2.24, 2.45) is 0 Å². The smallest absolute Gasteiger partial charge is 0.488 e. The SMILES string of the molecule is CC(=O)O.CC(=O)O.CCOO.COc1ccc(CN2CCCC2=O)cc1-c1cccc(SC)c1.COc1ccc(CN2CCCC2=O)cc1Br.CSc1cccc(B(O)O)c1.[Pd]. The monoisotopic (exact) mass is 1070 g/mol. The van der Waals surface area contributed by atoms with Crippen molar-refractivity contribution in [3.63, 3.8) is 0 Å². The number of rotatable bonds is 11. The van der Waals surface area contributed by atoms with Crippen molar-refractivity contribution in [2.45, 2.75) is 69.3 Å². The van der Waals surface area contributed by atoms with Crippen LogP contribution in [0.5, 0.6) is 11.5 Å². The third-order valence-electron chi connectivity index (χ3n) is 8.47. The first kappa shape index (κ1) is 59.1. The van der Waals surface area contributed by atoms with Gasteiger partial charge in [-0.25, -0.2) is 4.89 Å². The quantitative estimate of drug-likeness (QED) is 0.0426. The number of hydrogen-bond acceptors (Lipinski definition) is 12. The molecule has 5 N–H and O–H groups in total. The van der Waals surface area contributed by atoms with Crippen molar-refractivity contribution in [2.75, 3.05) is 46.4 Å². The van der Waals surface area contributed by atoms with E-state index < -0.39 is 19.1 Å². The summed E-state index contributed by atoms with van der Waals surface area (Å²) in [7, 11) is 1.98. The molecule has 2 aliphatic rings. The molecule has 4 aromatic carbocycles. The van der Waals surface area contributed by atoms with Crippen molar-refractivity contribution in [1.29, 1.82) is 0 Å². The Labute approximate surface area is 401 Å². The van der Waals surface area contributed by atoms with Crippen LogP contribution in [0.3, 0.4) is 0 Å². The molecule has 0 saturated carbocycles. The molecule has 19 heteroatoms. The van der Waals surface area contributed by atoms with Crippen LogP contribution in [0.15, 0.2) is 99.2 Å². The molecule has 0 radical (unpaired) electrons. The van der Waals surface area contributed by atoms with Gasteiger partial charge < -0.3 is 39.5 Å². The molecule has 2 amide bonds. The number of amides is 2. The Morgan fingerprint density at radius 3 is 1.57 bits per heavy atom. The maximum absolute atomic E-state index is 11.8. The van der Waals surface area contributed by atoms with Crippen molar-refractivity contribution in [3.05, 3.63) is 101 Å². The number of thioether (sulfide) groups is 2. The number of carboxylic acids is 2. The number of carbonyl (C=O) groups excluding carboxylic acids is 2. The van der Waals surface area contributed by atoms with Crippen LogP contribution in [0.4, 0.5) is 0 Å². The van der Waals surface area contributed by atoms with E-state index in [4.69, 9.17) is 44.6 Å². The van der Waals surface area contributed by atoms with E-state index in [1.54, 1.807) is 62.9 Å². The van der Waals surface area contributed by atoms with Crippen molar-refractivity contribution in [1.82, 2.24) is 9.80 Å². The second kappa shape index (κ2) is 33.6. The summed E-state index contributed by atoms with van der Waals surface area (Å²) < 4.78 is 11.6. The Kier molecular flexibility index (Phi) is 31.5. The minimum atomic E-state index is -1.36. The topological polar surface area (TPSA) is 204 Å². The first-order chi connectivity index (χ1) is 29.5. The maximum atomic E-state index is 11.8. The molecular formula is C44H58BBrN2O12PdS2. The number of hydrogen-bond donors (Lipinski definition) is 5. The van der Waals surface area contributed by atoms with Crippen LogP contribution in [0.25, 0.3) is 11.1 Å². The Hall–Kier alpha value is -3.89. The molecule has 0 aliphatic carbocycles. The third-order valence-corrected chi connectivity index (χ3v) is 10.5. The second-order valence-corrected chi connectivity index (χ2v) is 15.8. The predicted octanol–water partition coefficient (Wildman–Crippen LogP) is 7.55. The summed E-state index contributed by atoms with van der Waals surface area (Å²) >= 11 is 6.75. The molecule has 348 valence electrons. The van der Waals surface area contributed by atoms with Gasteiger partial charge in [0.25, 0.3) is 11.9 Å². The van der Waals surface area contributed by atoms with Gasteiger partial charge in [0.05, 0.1) is 25.3 Å². The standard InChI is InChI=1S/C19H21NO2S.C12H14BrNO2.C7H9BO2S.C2H6O2.2C2H4O2.Pd/c1-22-18-9-8-14(13-20-10-4-7-19(20)21)11-17(18)15-5-3-6-16(12-15)23-2;1-16-11-5-4-9(7-10(11)13)8-14-6-2-3-12(14)15;1-11-7-4-2-3-6(5-7)8(9)10;1-2-4-3;2*1-2(3)4;/h3,5-6,8-9,11-12H,4,7,10,13H2,1-2H3;4-5,7H,2-3,6,8H2,1H3;2-5,9-10H,1H3;3H,2H2,1H3;2*1H3,(H,3,4);. The molecular weight excluding hydrogens is 1010 g/mol. The van der Waals surface area contributed by atoms with E-state index in [0.29, 0.717) is 38.0 Å². The maximum Gasteiger partial charge on any atom is 0.488 e. The average molecular weight is 1070 g/mol. The van der Waals surface area contributed by atoms with Gasteiger partial charge in [0, 0.05) is 88.6 Å². The minimum absolute atomic E-state index is 0. The Morgan fingerprint density at radius 1 is 0.730 bits per heavy atom. The number of halogens is 1. The fourth-order valence-electron chi connectivity index (χ4n) is 5.66. The van der Waals surface area contributed by atoms with Gasteiger partial charge >= 0.3 is 7.12 Å². The Bertz CT molecular complexity index is 1980. The summed E-state index contributed by atoms with van der Waals surface area (Å²) in [6, 6.07) is 27.7. The molecule has 0 unspecified atom stereocenters. The van der Waals surface area contributed by atoms with Gasteiger partial charge in [0.1, 0.15) is 11.5 Å². The Balaban J connectivity index is 0.000000837. The molecule has 2 heterocycles. The van der Waals surface area contributed by atoms with Gasteiger partial charge in [0.2, 0.25) is 11.8 Å². The average Bonchev–Trinajstić information content (AvgIpc) is 3.86. The zero-order valence-corrected chi connectivity index (χ0v) is 41.3. The molecule has 63 heavy (non-hydrogen) atoms. The molecule has 2 fully saturated rings. The molecule has 0 aromatic heterocycles. The zero-order valence-electron chi connectivity index (χ0n) is 36.5. The number of carbonyl (C=O) groups is 4. The predicted molar refractivity (Wildman–Crippen MR) is 249 cm³/mol. The summed E-state index contributed by atoms with van der Waals surface area (Å²) in [4.78, 5) is 51.0. The van der Waals surface area contributed by atoms with E-state index in [2.05, 4.69) is 57.4 Å². The largest absolute Gasteiger partial charge is 0.496 e. The van der Waals surface area contributed by atoms with Crippen LogP contribution in [0, 0.1) is 0 Å². The molecule has 6 rings (SSSR count). The summed E-state index contributed by atoms with van der Waals surface area (Å²) in [6.07, 6.45) is 7.35. The van der Waals surface area contributed by atoms with Crippen molar-refractivity contribution in [3.8, 4) is 22.6 Å². The molecule has 2 saturated heterocycles. The normalized spacial score (nSPS) is 12.2. The fraction of sp³-hybridized carbons (Fsp3) is 0.364. The molecule has 2 aliphatic heterocycles. The van der Waals surface area contributed by atoms with Crippen LogP contribution in [-0.4, -0.2) is 113 Å². The van der Waals surface area contributed by atoms with Gasteiger partial charge in [-0.3, -0.25) is 24.4 Å². The van der Waals surface area contributed by atoms with Crippen LogP contribution >= 0.6 is 39.5 Å². The van der Waals surface area contributed by atoms with Gasteiger partial charge in [0.15, 0.2) is 0 Å². The van der Waals surface area contributed by atoms with E-state index in [1.165, 1.54) is 4.90 Å². The molecule has 0 bridgehead atoms. The molecule has 4 aromatic rings. The summed E-state index contributed by atoms with van der Waals surface area (Å²) in [5.41, 5.74) is 5.03. The van der Waals surface area contributed by atoms with Crippen LogP contribution in [0.2, 0.25) is 0 Å². The van der Waals surface area contributed by atoms with E-state index in [9.17, 15) is 9.59 Å². The molecule has 0 atom stereocenters. The van der Waals surface area contributed by atoms with Gasteiger partial charge in [-0.1, -0.05) is 36.4 Å². The third kappa shape index (κ3) is 24.1. The number of carboxylic acid groups (broad SMARTS) is 2. The van der Waals surface area contributed by atoms with E-state index in [0.717, 1.165) is 82.9 Å². The zero-order chi connectivity index (χ0) is 46.6. The van der Waals surface area contributed by atoms with Crippen LogP contribution in [-0.2, 0) is 57.6 Å². The fourth-order valence-corrected chi connectivity index (χ4v) is 7.18. The van der Waals surface area contributed by atoms with E-state index in [-0.39, 0.29) is 32.2 Å². The first-order valence-corrected chi connectivity index (χ1v) is 22.6. The summed E-state index contributed by atoms with van der Waals surface area (Å²) in [6.45, 7) is 7.37. The molecule has 14 nitrogen and oxygen atoms in total. The number of likely N-dealkylation sites (tertiary alicyclic amines) is 2. The van der Waals surface area contributed by atoms with E-state index >= 15 is 0 Å². The van der Waals surface area contributed by atoms with Crippen LogP contribution < -0.4 is 14.9 Å². The number of nitrogens with zero attached hydrogens (tertiary/aromatic N) is 2. The first-order valence-electron chi connectivity index (χ1n) is 19.4. The van der Waals surface area contributed by atoms with Crippen molar-refractivity contribution < 1.29 is 79.5 Å². The van der Waals surface area contributed by atoms with Gasteiger partial charge in [-0.2, -0.15) is 0 Å². The number of ether oxygens (including phenoxy) is 2. The van der Waals surface area contributed by atoms with Crippen LogP contribution in [0.1, 0.15) is 57.6 Å².